The molecule has 0 aliphatic heterocycles. The zero-order chi connectivity index (χ0) is 20.1. The summed E-state index contributed by atoms with van der Waals surface area (Å²) in [6.45, 7) is 6.22. The summed E-state index contributed by atoms with van der Waals surface area (Å²) in [5.41, 5.74) is 4.53. The molecule has 3 aromatic rings. The highest BCUT2D eigenvalue weighted by molar-refractivity contribution is 5.53. The summed E-state index contributed by atoms with van der Waals surface area (Å²) in [6, 6.07) is 15.1. The Labute approximate surface area is 164 Å². The largest absolute Gasteiger partial charge is 0.492 e. The van der Waals surface area contributed by atoms with Crippen LogP contribution in [-0.2, 0) is 13.5 Å². The van der Waals surface area contributed by atoms with Crippen LogP contribution in [0.2, 0.25) is 0 Å². The van der Waals surface area contributed by atoms with Gasteiger partial charge in [0.15, 0.2) is 5.69 Å². The third kappa shape index (κ3) is 4.88. The molecule has 1 N–H and O–H groups in total. The SMILES string of the molecule is Cc1ccc(N=Nc2ccc(N=Nc3c(CC(C)C)nn(C)c3O)cc2)cc1. The number of rotatable bonds is 6. The van der Waals surface area contributed by atoms with Gasteiger partial charge in [-0.15, -0.1) is 5.11 Å². The smallest absolute Gasteiger partial charge is 0.238 e. The Kier molecular flexibility index (Phi) is 5.93. The van der Waals surface area contributed by atoms with Crippen molar-refractivity contribution in [3.8, 4) is 5.88 Å². The van der Waals surface area contributed by atoms with Crippen LogP contribution in [0.1, 0.15) is 25.1 Å². The topological polar surface area (TPSA) is 87.5 Å². The first-order valence-electron chi connectivity index (χ1n) is 9.17. The molecule has 0 aliphatic rings. The molecule has 0 saturated carbocycles. The highest BCUT2D eigenvalue weighted by Gasteiger charge is 2.16. The number of benzene rings is 2. The number of nitrogens with zero attached hydrogens (tertiary/aromatic N) is 6. The average Bonchev–Trinajstić information content (AvgIpc) is 2.93. The van der Waals surface area contributed by atoms with Crippen LogP contribution < -0.4 is 0 Å². The molecule has 0 atom stereocenters. The fraction of sp³-hybridized carbons (Fsp3) is 0.286. The van der Waals surface area contributed by atoms with Crippen molar-refractivity contribution < 1.29 is 5.11 Å². The van der Waals surface area contributed by atoms with Crippen molar-refractivity contribution in [1.82, 2.24) is 9.78 Å². The normalized spacial score (nSPS) is 11.9. The maximum atomic E-state index is 10.2. The maximum absolute atomic E-state index is 10.2. The Bertz CT molecular complexity index is 985. The van der Waals surface area contributed by atoms with Gasteiger partial charge in [-0.2, -0.15) is 20.4 Å². The molecule has 144 valence electrons. The van der Waals surface area contributed by atoms with Gasteiger partial charge >= 0.3 is 0 Å². The van der Waals surface area contributed by atoms with Gasteiger partial charge in [-0.3, -0.25) is 0 Å². The van der Waals surface area contributed by atoms with Crippen LogP contribution in [0.3, 0.4) is 0 Å². The molecule has 0 radical (unpaired) electrons. The minimum atomic E-state index is 0.0166. The van der Waals surface area contributed by atoms with E-state index in [1.807, 2.05) is 55.5 Å². The molecular formula is C21H24N6O. The molecule has 0 saturated heterocycles. The zero-order valence-corrected chi connectivity index (χ0v) is 16.5. The average molecular weight is 376 g/mol. The molecule has 7 nitrogen and oxygen atoms in total. The fourth-order valence-corrected chi connectivity index (χ4v) is 2.61. The van der Waals surface area contributed by atoms with Crippen molar-refractivity contribution in [2.24, 2.45) is 33.4 Å². The van der Waals surface area contributed by atoms with Gasteiger partial charge in [0.05, 0.1) is 22.8 Å². The first kappa shape index (κ1) is 19.4. The lowest BCUT2D eigenvalue weighted by molar-refractivity contribution is 0.420. The predicted molar refractivity (Wildman–Crippen MR) is 109 cm³/mol. The van der Waals surface area contributed by atoms with E-state index in [0.29, 0.717) is 17.3 Å². The summed E-state index contributed by atoms with van der Waals surface area (Å²) < 4.78 is 1.42. The van der Waals surface area contributed by atoms with Crippen molar-refractivity contribution in [2.45, 2.75) is 27.2 Å². The summed E-state index contributed by atoms with van der Waals surface area (Å²) >= 11 is 0. The van der Waals surface area contributed by atoms with Gasteiger partial charge in [0.2, 0.25) is 5.88 Å². The van der Waals surface area contributed by atoms with Crippen LogP contribution >= 0.6 is 0 Å². The monoisotopic (exact) mass is 376 g/mol. The van der Waals surface area contributed by atoms with E-state index in [1.54, 1.807) is 7.05 Å². The molecule has 0 aliphatic carbocycles. The van der Waals surface area contributed by atoms with Crippen LogP contribution in [0.15, 0.2) is 69.0 Å². The van der Waals surface area contributed by atoms with E-state index < -0.39 is 0 Å². The van der Waals surface area contributed by atoms with E-state index in [0.717, 1.165) is 23.5 Å². The Morgan fingerprint density at radius 3 is 1.82 bits per heavy atom. The van der Waals surface area contributed by atoms with Crippen molar-refractivity contribution in [3.05, 3.63) is 59.8 Å². The Balaban J connectivity index is 1.73. The molecule has 0 amide bonds. The molecular weight excluding hydrogens is 352 g/mol. The molecule has 7 heteroatoms. The Morgan fingerprint density at radius 2 is 1.32 bits per heavy atom. The zero-order valence-electron chi connectivity index (χ0n) is 16.5. The summed E-state index contributed by atoms with van der Waals surface area (Å²) in [5, 5.41) is 31.4. The minimum absolute atomic E-state index is 0.0166. The van der Waals surface area contributed by atoms with E-state index in [1.165, 1.54) is 10.2 Å². The fourth-order valence-electron chi connectivity index (χ4n) is 2.61. The van der Waals surface area contributed by atoms with Crippen LogP contribution in [0.5, 0.6) is 5.88 Å². The maximum Gasteiger partial charge on any atom is 0.238 e. The molecule has 0 spiro atoms. The summed E-state index contributed by atoms with van der Waals surface area (Å²) in [4.78, 5) is 0. The van der Waals surface area contributed by atoms with Gasteiger partial charge in [-0.25, -0.2) is 4.68 Å². The molecule has 3 rings (SSSR count). The summed E-state index contributed by atoms with van der Waals surface area (Å²) in [6.07, 6.45) is 0.723. The first-order chi connectivity index (χ1) is 13.4. The number of hydrogen-bond acceptors (Lipinski definition) is 6. The number of aromatic nitrogens is 2. The van der Waals surface area contributed by atoms with Gasteiger partial charge in [0.25, 0.3) is 0 Å². The van der Waals surface area contributed by atoms with Gasteiger partial charge in [-0.05, 0) is 55.7 Å². The van der Waals surface area contributed by atoms with Crippen LogP contribution in [0.4, 0.5) is 22.7 Å². The molecule has 28 heavy (non-hydrogen) atoms. The van der Waals surface area contributed by atoms with E-state index >= 15 is 0 Å². The van der Waals surface area contributed by atoms with Crippen LogP contribution in [0, 0.1) is 12.8 Å². The second-order valence-electron chi connectivity index (χ2n) is 7.09. The van der Waals surface area contributed by atoms with Crippen molar-refractivity contribution in [3.63, 3.8) is 0 Å². The standard InChI is InChI=1S/C21H24N6O/c1-14(2)13-19-20(21(28)27(4)26-19)25-24-18-11-9-17(10-12-18)23-22-16-7-5-15(3)6-8-16/h5-12,14,28H,13H2,1-4H3. The first-order valence-corrected chi connectivity index (χ1v) is 9.17. The summed E-state index contributed by atoms with van der Waals surface area (Å²) in [7, 11) is 1.69. The van der Waals surface area contributed by atoms with Crippen molar-refractivity contribution in [2.75, 3.05) is 0 Å². The molecule has 2 aromatic carbocycles. The number of aromatic hydroxyl groups is 1. The minimum Gasteiger partial charge on any atom is -0.492 e. The second-order valence-corrected chi connectivity index (χ2v) is 7.09. The molecule has 0 bridgehead atoms. The molecule has 0 fully saturated rings. The predicted octanol–water partition coefficient (Wildman–Crippen LogP) is 6.46. The van der Waals surface area contributed by atoms with Gasteiger partial charge in [0.1, 0.15) is 0 Å². The van der Waals surface area contributed by atoms with Crippen LogP contribution in [-0.4, -0.2) is 14.9 Å². The third-order valence-corrected chi connectivity index (χ3v) is 4.09. The van der Waals surface area contributed by atoms with Gasteiger partial charge < -0.3 is 5.11 Å². The highest BCUT2D eigenvalue weighted by atomic mass is 16.3. The Morgan fingerprint density at radius 1 is 0.857 bits per heavy atom. The molecule has 1 heterocycles. The number of azo groups is 2. The van der Waals surface area contributed by atoms with E-state index in [4.69, 9.17) is 0 Å². The lowest BCUT2D eigenvalue weighted by Crippen LogP contribution is -1.96. The van der Waals surface area contributed by atoms with Crippen molar-refractivity contribution in [1.29, 1.82) is 0 Å². The molecule has 1 aromatic heterocycles. The van der Waals surface area contributed by atoms with Gasteiger partial charge in [-0.1, -0.05) is 31.5 Å². The van der Waals surface area contributed by atoms with E-state index in [9.17, 15) is 5.11 Å². The third-order valence-electron chi connectivity index (χ3n) is 4.09. The number of hydrogen-bond donors (Lipinski definition) is 1. The quantitative estimate of drug-likeness (QED) is 0.500. The summed E-state index contributed by atoms with van der Waals surface area (Å²) in [5.74, 6) is 0.421. The lowest BCUT2D eigenvalue weighted by atomic mass is 10.1. The highest BCUT2D eigenvalue weighted by Crippen LogP contribution is 2.33. The molecule has 0 unspecified atom stereocenters. The van der Waals surface area contributed by atoms with Crippen LogP contribution in [0.25, 0.3) is 0 Å². The van der Waals surface area contributed by atoms with E-state index in [-0.39, 0.29) is 5.88 Å². The second kappa shape index (κ2) is 8.56. The number of aryl methyl sites for hydroxylation is 2. The van der Waals surface area contributed by atoms with E-state index in [2.05, 4.69) is 39.4 Å². The van der Waals surface area contributed by atoms with Gasteiger partial charge in [0, 0.05) is 7.05 Å². The lowest BCUT2D eigenvalue weighted by Gasteiger charge is -2.01. The van der Waals surface area contributed by atoms with Crippen molar-refractivity contribution >= 4 is 22.7 Å². The Hall–Kier alpha value is -3.35.